The maximum absolute atomic E-state index is 11.7. The Morgan fingerprint density at radius 1 is 1.57 bits per heavy atom. The van der Waals surface area contributed by atoms with Gasteiger partial charge in [0.05, 0.1) is 12.7 Å². The maximum atomic E-state index is 11.7. The summed E-state index contributed by atoms with van der Waals surface area (Å²) in [6, 6.07) is 0. The molecule has 0 aliphatic carbocycles. The van der Waals surface area contributed by atoms with Crippen LogP contribution in [-0.4, -0.2) is 40.6 Å². The van der Waals surface area contributed by atoms with Crippen molar-refractivity contribution in [3.05, 3.63) is 32.6 Å². The average molecular weight is 320 g/mol. The zero-order valence-corrected chi connectivity index (χ0v) is 12.5. The molecular weight excluding hydrogens is 303 g/mol. The first kappa shape index (κ1) is 16.1. The van der Waals surface area contributed by atoms with Crippen molar-refractivity contribution in [2.24, 2.45) is 0 Å². The first-order valence-electron chi connectivity index (χ1n) is 6.25. The minimum atomic E-state index is -3.74. The van der Waals surface area contributed by atoms with Gasteiger partial charge in [0.1, 0.15) is 12.6 Å². The largest absolute Gasteiger partial charge is 0.363 e. The summed E-state index contributed by atoms with van der Waals surface area (Å²) in [6.45, 7) is 1.76. The van der Waals surface area contributed by atoms with Crippen LogP contribution >= 0.6 is 7.60 Å². The Kier molecular flexibility index (Phi) is 4.80. The molecule has 2 N–H and O–H groups in total. The molecule has 1 aromatic rings. The number of aromatic amines is 1. The van der Waals surface area contributed by atoms with Crippen LogP contribution in [0.4, 0.5) is 0 Å². The highest BCUT2D eigenvalue weighted by atomic mass is 31.2. The van der Waals surface area contributed by atoms with Crippen molar-refractivity contribution in [2.45, 2.75) is 25.7 Å². The molecule has 2 heterocycles. The van der Waals surface area contributed by atoms with E-state index in [4.69, 9.17) is 9.47 Å². The Labute approximate surface area is 120 Å². The Morgan fingerprint density at radius 3 is 2.95 bits per heavy atom. The third-order valence-electron chi connectivity index (χ3n) is 3.15. The smallest absolute Gasteiger partial charge is 0.353 e. The van der Waals surface area contributed by atoms with Crippen molar-refractivity contribution in [1.29, 1.82) is 0 Å². The molecule has 0 saturated carbocycles. The van der Waals surface area contributed by atoms with E-state index in [1.807, 2.05) is 0 Å². The summed E-state index contributed by atoms with van der Waals surface area (Å²) in [5, 5.41) is 0. The van der Waals surface area contributed by atoms with Crippen LogP contribution in [0.15, 0.2) is 15.8 Å². The molecule has 1 saturated heterocycles. The highest BCUT2D eigenvalue weighted by Gasteiger charge is 2.30. The molecule has 1 fully saturated rings. The standard InChI is InChI=1S/C11H17N2O7P/c1-7-4-13(11(15)12-10(7)14)9-3-8(5-19-9)20-6-21(16,17)18-2/h4,8-9H,3,5-6H2,1-2H3,(H,16,17)(H,12,14,15). The van der Waals surface area contributed by atoms with Gasteiger partial charge < -0.3 is 18.9 Å². The predicted octanol–water partition coefficient (Wildman–Crippen LogP) is -0.0616. The fourth-order valence-electron chi connectivity index (χ4n) is 1.94. The van der Waals surface area contributed by atoms with E-state index < -0.39 is 37.5 Å². The predicted molar refractivity (Wildman–Crippen MR) is 72.2 cm³/mol. The third kappa shape index (κ3) is 3.90. The molecular formula is C11H17N2O7P. The number of hydrogen-bond acceptors (Lipinski definition) is 6. The fourth-order valence-corrected chi connectivity index (χ4v) is 2.45. The molecule has 21 heavy (non-hydrogen) atoms. The second kappa shape index (κ2) is 6.25. The molecule has 3 unspecified atom stereocenters. The fraction of sp³-hybridized carbons (Fsp3) is 0.636. The van der Waals surface area contributed by atoms with Gasteiger partial charge in [0.2, 0.25) is 0 Å². The molecule has 2 rings (SSSR count). The third-order valence-corrected chi connectivity index (χ3v) is 4.20. The van der Waals surface area contributed by atoms with Gasteiger partial charge in [-0.3, -0.25) is 18.9 Å². The van der Waals surface area contributed by atoms with Gasteiger partial charge in [0.15, 0.2) is 0 Å². The van der Waals surface area contributed by atoms with E-state index in [0.29, 0.717) is 12.0 Å². The van der Waals surface area contributed by atoms with E-state index in [0.717, 1.165) is 7.11 Å². The molecule has 1 aliphatic heterocycles. The number of rotatable bonds is 5. The second-order valence-electron chi connectivity index (χ2n) is 4.74. The zero-order chi connectivity index (χ0) is 15.6. The van der Waals surface area contributed by atoms with Crippen molar-refractivity contribution < 1.29 is 23.5 Å². The highest BCUT2D eigenvalue weighted by molar-refractivity contribution is 7.52. The Bertz CT molecular complexity index is 667. The Balaban J connectivity index is 2.03. The number of nitrogens with zero attached hydrogens (tertiary/aromatic N) is 1. The van der Waals surface area contributed by atoms with Crippen molar-refractivity contribution in [3.63, 3.8) is 0 Å². The second-order valence-corrected chi connectivity index (χ2v) is 6.64. The van der Waals surface area contributed by atoms with E-state index in [9.17, 15) is 19.0 Å². The van der Waals surface area contributed by atoms with Gasteiger partial charge in [-0.05, 0) is 6.92 Å². The quantitative estimate of drug-likeness (QED) is 0.729. The van der Waals surface area contributed by atoms with E-state index in [1.165, 1.54) is 10.8 Å². The van der Waals surface area contributed by atoms with Gasteiger partial charge in [-0.15, -0.1) is 0 Å². The van der Waals surface area contributed by atoms with Crippen LogP contribution in [0.2, 0.25) is 0 Å². The summed E-state index contributed by atoms with van der Waals surface area (Å²) in [5.74, 6) is 0. The average Bonchev–Trinajstić information content (AvgIpc) is 2.89. The minimum absolute atomic E-state index is 0.180. The van der Waals surface area contributed by atoms with Crippen LogP contribution in [-0.2, 0) is 18.6 Å². The van der Waals surface area contributed by atoms with Crippen molar-refractivity contribution in [2.75, 3.05) is 20.1 Å². The van der Waals surface area contributed by atoms with Gasteiger partial charge >= 0.3 is 13.3 Å². The van der Waals surface area contributed by atoms with Crippen LogP contribution in [0.1, 0.15) is 18.2 Å². The number of hydrogen-bond donors (Lipinski definition) is 2. The molecule has 1 aromatic heterocycles. The minimum Gasteiger partial charge on any atom is -0.363 e. The van der Waals surface area contributed by atoms with Gasteiger partial charge in [-0.25, -0.2) is 4.79 Å². The van der Waals surface area contributed by atoms with Crippen molar-refractivity contribution >= 4 is 7.60 Å². The molecule has 0 amide bonds. The Hall–Kier alpha value is -1.25. The van der Waals surface area contributed by atoms with Crippen LogP contribution in [0, 0.1) is 6.92 Å². The number of ether oxygens (including phenoxy) is 2. The van der Waals surface area contributed by atoms with E-state index in [1.54, 1.807) is 6.92 Å². The summed E-state index contributed by atoms with van der Waals surface area (Å²) in [7, 11) is -2.61. The van der Waals surface area contributed by atoms with Gasteiger partial charge in [0.25, 0.3) is 5.56 Å². The SMILES string of the molecule is COP(=O)(O)COC1COC(n2cc(C)c(=O)[nH]c2=O)C1. The summed E-state index contributed by atoms with van der Waals surface area (Å²) in [4.78, 5) is 34.5. The molecule has 0 spiro atoms. The first-order valence-corrected chi connectivity index (χ1v) is 8.01. The maximum Gasteiger partial charge on any atom is 0.353 e. The van der Waals surface area contributed by atoms with E-state index >= 15 is 0 Å². The number of aromatic nitrogens is 2. The lowest BCUT2D eigenvalue weighted by Crippen LogP contribution is -2.33. The van der Waals surface area contributed by atoms with Crippen molar-refractivity contribution in [1.82, 2.24) is 9.55 Å². The number of nitrogens with one attached hydrogen (secondary N) is 1. The molecule has 3 atom stereocenters. The van der Waals surface area contributed by atoms with Crippen LogP contribution in [0.3, 0.4) is 0 Å². The molecule has 0 radical (unpaired) electrons. The van der Waals surface area contributed by atoms with Gasteiger partial charge in [0, 0.05) is 25.3 Å². The lowest BCUT2D eigenvalue weighted by molar-refractivity contribution is 0.0320. The highest BCUT2D eigenvalue weighted by Crippen LogP contribution is 2.41. The summed E-state index contributed by atoms with van der Waals surface area (Å²) < 4.78 is 27.7. The normalized spacial score (nSPS) is 24.9. The van der Waals surface area contributed by atoms with Crippen LogP contribution in [0.25, 0.3) is 0 Å². The number of aryl methyl sites for hydroxylation is 1. The van der Waals surface area contributed by atoms with E-state index in [2.05, 4.69) is 9.51 Å². The van der Waals surface area contributed by atoms with Gasteiger partial charge in [-0.2, -0.15) is 0 Å². The first-order chi connectivity index (χ1) is 9.82. The molecule has 1 aliphatic rings. The molecule has 0 aromatic carbocycles. The molecule has 9 nitrogen and oxygen atoms in total. The lowest BCUT2D eigenvalue weighted by Gasteiger charge is -2.14. The zero-order valence-electron chi connectivity index (χ0n) is 11.6. The molecule has 10 heteroatoms. The molecule has 0 bridgehead atoms. The summed E-state index contributed by atoms with van der Waals surface area (Å²) >= 11 is 0. The monoisotopic (exact) mass is 320 g/mol. The lowest BCUT2D eigenvalue weighted by atomic mass is 10.3. The number of H-pyrrole nitrogens is 1. The van der Waals surface area contributed by atoms with Crippen LogP contribution in [0.5, 0.6) is 0 Å². The summed E-state index contributed by atoms with van der Waals surface area (Å²) in [6.07, 6.45) is 0.294. The molecule has 118 valence electrons. The summed E-state index contributed by atoms with van der Waals surface area (Å²) in [5.41, 5.74) is -0.619. The Morgan fingerprint density at radius 2 is 2.29 bits per heavy atom. The topological polar surface area (TPSA) is 120 Å². The van der Waals surface area contributed by atoms with Crippen LogP contribution < -0.4 is 11.2 Å². The van der Waals surface area contributed by atoms with Gasteiger partial charge in [-0.1, -0.05) is 0 Å². The van der Waals surface area contributed by atoms with Crippen molar-refractivity contribution in [3.8, 4) is 0 Å². The van der Waals surface area contributed by atoms with E-state index in [-0.39, 0.29) is 6.61 Å².